The quantitative estimate of drug-likeness (QED) is 0.340. The van der Waals surface area contributed by atoms with Crippen LogP contribution in [0.2, 0.25) is 0 Å². The summed E-state index contributed by atoms with van der Waals surface area (Å²) in [6.07, 6.45) is 0. The number of carbonyl (C=O) groups is 1. The van der Waals surface area contributed by atoms with Crippen LogP contribution in [0.25, 0.3) is 0 Å². The second-order valence-corrected chi connectivity index (χ2v) is 5.88. The molecule has 7 heteroatoms. The van der Waals surface area contributed by atoms with Gasteiger partial charge in [0.2, 0.25) is 5.91 Å². The summed E-state index contributed by atoms with van der Waals surface area (Å²) in [4.78, 5) is 16.4. The van der Waals surface area contributed by atoms with Crippen molar-refractivity contribution >= 4 is 35.8 Å². The average Bonchev–Trinajstić information content (AvgIpc) is 2.51. The van der Waals surface area contributed by atoms with Crippen LogP contribution in [-0.4, -0.2) is 31.5 Å². The van der Waals surface area contributed by atoms with Gasteiger partial charge in [-0.3, -0.25) is 4.79 Å². The zero-order chi connectivity index (χ0) is 17.3. The van der Waals surface area contributed by atoms with E-state index in [0.717, 1.165) is 0 Å². The molecule has 3 N–H and O–H groups in total. The molecule has 0 aliphatic carbocycles. The zero-order valence-corrected chi connectivity index (χ0v) is 17.1. The maximum absolute atomic E-state index is 13.6. The van der Waals surface area contributed by atoms with Crippen molar-refractivity contribution in [3.63, 3.8) is 0 Å². The molecule has 0 aliphatic heterocycles. The summed E-state index contributed by atoms with van der Waals surface area (Å²) < 4.78 is 13.6. The Bertz CT molecular complexity index is 549. The summed E-state index contributed by atoms with van der Waals surface area (Å²) in [5.74, 6) is 0.278. The molecule has 0 bridgehead atoms. The predicted octanol–water partition coefficient (Wildman–Crippen LogP) is 2.66. The van der Waals surface area contributed by atoms with Crippen LogP contribution < -0.4 is 16.0 Å². The molecule has 0 saturated heterocycles. The largest absolute Gasteiger partial charge is 0.357 e. The lowest BCUT2D eigenvalue weighted by Gasteiger charge is -2.24. The Morgan fingerprint density at radius 1 is 1.12 bits per heavy atom. The summed E-state index contributed by atoms with van der Waals surface area (Å²) >= 11 is 0. The maximum Gasteiger partial charge on any atom is 0.227 e. The first-order chi connectivity index (χ1) is 10.9. The van der Waals surface area contributed by atoms with Crippen molar-refractivity contribution in [1.29, 1.82) is 0 Å². The Morgan fingerprint density at radius 3 is 2.33 bits per heavy atom. The summed E-state index contributed by atoms with van der Waals surface area (Å²) in [5, 5.41) is 9.06. The highest BCUT2D eigenvalue weighted by Gasteiger charge is 2.27. The third-order valence-electron chi connectivity index (χ3n) is 3.36. The van der Waals surface area contributed by atoms with Crippen molar-refractivity contribution in [3.05, 3.63) is 35.6 Å². The molecule has 0 atom stereocenters. The highest BCUT2D eigenvalue weighted by Crippen LogP contribution is 2.13. The number of halogens is 2. The van der Waals surface area contributed by atoms with Gasteiger partial charge in [-0.25, -0.2) is 9.38 Å². The van der Waals surface area contributed by atoms with Crippen LogP contribution in [0.15, 0.2) is 29.3 Å². The molecule has 0 radical (unpaired) electrons. The normalized spacial score (nSPS) is 11.5. The van der Waals surface area contributed by atoms with Gasteiger partial charge in [-0.1, -0.05) is 18.2 Å². The van der Waals surface area contributed by atoms with Crippen LogP contribution in [0, 0.1) is 11.2 Å². The van der Waals surface area contributed by atoms with Crippen molar-refractivity contribution < 1.29 is 9.18 Å². The molecule has 1 aromatic rings. The third-order valence-corrected chi connectivity index (χ3v) is 3.36. The monoisotopic (exact) mass is 450 g/mol. The molecule has 1 rings (SSSR count). The minimum atomic E-state index is -0.565. The van der Waals surface area contributed by atoms with Crippen molar-refractivity contribution in [2.75, 3.05) is 19.6 Å². The number of nitrogens with one attached hydrogen (secondary N) is 3. The van der Waals surface area contributed by atoms with Crippen molar-refractivity contribution in [1.82, 2.24) is 16.0 Å². The number of hydrogen-bond donors (Lipinski definition) is 3. The molecule has 0 unspecified atom stereocenters. The van der Waals surface area contributed by atoms with Gasteiger partial charge in [0, 0.05) is 25.2 Å². The first-order valence-electron chi connectivity index (χ1n) is 7.94. The Morgan fingerprint density at radius 2 is 1.75 bits per heavy atom. The Hall–Kier alpha value is -1.38. The molecule has 0 saturated carbocycles. The van der Waals surface area contributed by atoms with E-state index in [1.54, 1.807) is 18.2 Å². The fourth-order valence-electron chi connectivity index (χ4n) is 1.92. The molecule has 1 aromatic carbocycles. The molecule has 24 heavy (non-hydrogen) atoms. The molecular formula is C17H28FIN4O. The van der Waals surface area contributed by atoms with E-state index >= 15 is 0 Å². The van der Waals surface area contributed by atoms with Crippen LogP contribution in [0.3, 0.4) is 0 Å². The van der Waals surface area contributed by atoms with Gasteiger partial charge in [-0.15, -0.1) is 24.0 Å². The zero-order valence-electron chi connectivity index (χ0n) is 14.8. The highest BCUT2D eigenvalue weighted by molar-refractivity contribution is 14.0. The van der Waals surface area contributed by atoms with Gasteiger partial charge in [-0.2, -0.15) is 0 Å². The first kappa shape index (κ1) is 22.6. The van der Waals surface area contributed by atoms with E-state index in [9.17, 15) is 9.18 Å². The number of aliphatic imine (C=N–C) groups is 1. The van der Waals surface area contributed by atoms with Crippen LogP contribution in [0.4, 0.5) is 4.39 Å². The third kappa shape index (κ3) is 7.46. The van der Waals surface area contributed by atoms with Crippen LogP contribution in [-0.2, 0) is 11.3 Å². The van der Waals surface area contributed by atoms with Gasteiger partial charge in [0.25, 0.3) is 0 Å². The molecule has 0 heterocycles. The fourth-order valence-corrected chi connectivity index (χ4v) is 1.92. The molecule has 136 valence electrons. The van der Waals surface area contributed by atoms with Crippen molar-refractivity contribution in [3.8, 4) is 0 Å². The standard InChI is InChI=1S/C17H27FN4O.HI/c1-5-19-15(23)17(3,4)12-22-16(20-6-2)21-11-13-9-7-8-10-14(13)18;/h7-10H,5-6,11-12H2,1-4H3,(H,19,23)(H2,20,21,22);1H. The van der Waals surface area contributed by atoms with Crippen molar-refractivity contribution in [2.24, 2.45) is 10.4 Å². The number of rotatable bonds is 7. The molecule has 0 aliphatic rings. The lowest BCUT2D eigenvalue weighted by Crippen LogP contribution is -2.47. The number of guanidine groups is 1. The minimum Gasteiger partial charge on any atom is -0.357 e. The van der Waals surface area contributed by atoms with E-state index < -0.39 is 5.41 Å². The van der Waals surface area contributed by atoms with E-state index in [0.29, 0.717) is 31.2 Å². The molecular weight excluding hydrogens is 422 g/mol. The molecule has 0 spiro atoms. The second-order valence-electron chi connectivity index (χ2n) is 5.88. The van der Waals surface area contributed by atoms with Crippen LogP contribution in [0.1, 0.15) is 33.3 Å². The van der Waals surface area contributed by atoms with Gasteiger partial charge in [0.05, 0.1) is 12.0 Å². The number of hydrogen-bond acceptors (Lipinski definition) is 2. The minimum absolute atomic E-state index is 0. The van der Waals surface area contributed by atoms with Gasteiger partial charge >= 0.3 is 0 Å². The SMILES string of the molecule is CCNC(=O)C(C)(C)CNC(=NCc1ccccc1F)NCC.I. The number of benzene rings is 1. The highest BCUT2D eigenvalue weighted by atomic mass is 127. The van der Waals surface area contributed by atoms with E-state index in [2.05, 4.69) is 20.9 Å². The van der Waals surface area contributed by atoms with E-state index in [-0.39, 0.29) is 42.2 Å². The summed E-state index contributed by atoms with van der Waals surface area (Å²) in [5.41, 5.74) is -0.0304. The number of amides is 1. The van der Waals surface area contributed by atoms with Gasteiger partial charge in [-0.05, 0) is 33.8 Å². The summed E-state index contributed by atoms with van der Waals surface area (Å²) in [6.45, 7) is 9.54. The summed E-state index contributed by atoms with van der Waals surface area (Å²) in [7, 11) is 0. The lowest BCUT2D eigenvalue weighted by molar-refractivity contribution is -0.128. The van der Waals surface area contributed by atoms with E-state index in [1.165, 1.54) is 6.07 Å². The van der Waals surface area contributed by atoms with Gasteiger partial charge < -0.3 is 16.0 Å². The fraction of sp³-hybridized carbons (Fsp3) is 0.529. The smallest absolute Gasteiger partial charge is 0.227 e. The van der Waals surface area contributed by atoms with Gasteiger partial charge in [0.15, 0.2) is 5.96 Å². The Balaban J connectivity index is 0.00000529. The average molecular weight is 450 g/mol. The number of carbonyl (C=O) groups excluding carboxylic acids is 1. The molecule has 0 fully saturated rings. The second kappa shape index (κ2) is 11.2. The first-order valence-corrected chi connectivity index (χ1v) is 7.94. The van der Waals surface area contributed by atoms with Crippen molar-refractivity contribution in [2.45, 2.75) is 34.2 Å². The summed E-state index contributed by atoms with van der Waals surface area (Å²) in [6, 6.07) is 6.57. The van der Waals surface area contributed by atoms with Crippen LogP contribution >= 0.6 is 24.0 Å². The van der Waals surface area contributed by atoms with E-state index in [4.69, 9.17) is 0 Å². The molecule has 1 amide bonds. The predicted molar refractivity (Wildman–Crippen MR) is 107 cm³/mol. The molecule has 5 nitrogen and oxygen atoms in total. The van der Waals surface area contributed by atoms with Crippen LogP contribution in [0.5, 0.6) is 0 Å². The maximum atomic E-state index is 13.6. The topological polar surface area (TPSA) is 65.5 Å². The van der Waals surface area contributed by atoms with Gasteiger partial charge in [0.1, 0.15) is 5.82 Å². The Kier molecular flexibility index (Phi) is 10.6. The number of nitrogens with zero attached hydrogens (tertiary/aromatic N) is 1. The molecule has 0 aromatic heterocycles. The lowest BCUT2D eigenvalue weighted by atomic mass is 9.92. The van der Waals surface area contributed by atoms with E-state index in [1.807, 2.05) is 27.7 Å². The Labute approximate surface area is 160 Å².